The Bertz CT molecular complexity index is 955. The minimum Gasteiger partial charge on any atom is -0.464 e. The van der Waals surface area contributed by atoms with Crippen LogP contribution in [0.2, 0.25) is 0 Å². The summed E-state index contributed by atoms with van der Waals surface area (Å²) >= 11 is 1.11. The summed E-state index contributed by atoms with van der Waals surface area (Å²) in [4.78, 5) is 4.10. The van der Waals surface area contributed by atoms with Crippen LogP contribution in [0.3, 0.4) is 0 Å². The predicted octanol–water partition coefficient (Wildman–Crippen LogP) is 2.41. The number of aliphatic hydroxyl groups is 3. The monoisotopic (exact) mass is 407 g/mol. The van der Waals surface area contributed by atoms with Crippen molar-refractivity contribution in [2.75, 3.05) is 6.61 Å². The maximum atomic E-state index is 13.3. The maximum absolute atomic E-state index is 13.3. The summed E-state index contributed by atoms with van der Waals surface area (Å²) in [5.74, 6) is 0.0600. The molecule has 1 fully saturated rings. The van der Waals surface area contributed by atoms with E-state index >= 15 is 0 Å². The minimum atomic E-state index is -1.17. The van der Waals surface area contributed by atoms with Crippen LogP contribution < -0.4 is 4.74 Å². The highest BCUT2D eigenvalue weighted by molar-refractivity contribution is 7.10. The number of thiophene rings is 1. The fourth-order valence-corrected chi connectivity index (χ4v) is 4.32. The number of fused-ring (bicyclic) bond motifs is 1. The predicted molar refractivity (Wildman–Crippen MR) is 103 cm³/mol. The number of rotatable bonds is 5. The number of nitrogens with one attached hydrogen (secondary N) is 1. The molecule has 1 aliphatic heterocycles. The van der Waals surface area contributed by atoms with Gasteiger partial charge in [-0.25, -0.2) is 0 Å². The number of hydrogen-bond acceptors (Lipinski definition) is 6. The molecule has 0 aliphatic carbocycles. The highest BCUT2D eigenvalue weighted by Crippen LogP contribution is 2.35. The van der Waals surface area contributed by atoms with E-state index in [2.05, 4.69) is 4.98 Å². The van der Waals surface area contributed by atoms with Crippen LogP contribution in [-0.4, -0.2) is 51.5 Å². The van der Waals surface area contributed by atoms with Crippen LogP contribution >= 0.6 is 11.3 Å². The summed E-state index contributed by atoms with van der Waals surface area (Å²) in [6.45, 7) is 1.30. The summed E-state index contributed by atoms with van der Waals surface area (Å²) in [5, 5.41) is 30.3. The largest absolute Gasteiger partial charge is 0.464 e. The van der Waals surface area contributed by atoms with Crippen molar-refractivity contribution in [3.05, 3.63) is 52.1 Å². The molecule has 1 saturated heterocycles. The molecule has 3 aromatic rings. The molecule has 28 heavy (non-hydrogen) atoms. The van der Waals surface area contributed by atoms with E-state index < -0.39 is 37.1 Å². The fourth-order valence-electron chi connectivity index (χ4n) is 3.57. The van der Waals surface area contributed by atoms with Crippen molar-refractivity contribution in [1.29, 1.82) is 0 Å². The first-order valence-corrected chi connectivity index (χ1v) is 9.92. The van der Waals surface area contributed by atoms with Crippen LogP contribution in [-0.2, 0) is 11.2 Å². The molecule has 1 aromatic carbocycles. The van der Waals surface area contributed by atoms with E-state index in [1.165, 1.54) is 6.07 Å². The Balaban J connectivity index is 1.64. The SMILES string of the molecule is C[C@H]1[C@H](Oc2cccc3[nH]cc(Cc4ccc(F)s4)c23)O[C@H](CO)[C@@H](O)[C@@H]1O. The second kappa shape index (κ2) is 7.81. The normalized spacial score (nSPS) is 28.0. The first-order valence-electron chi connectivity index (χ1n) is 9.10. The lowest BCUT2D eigenvalue weighted by Gasteiger charge is -2.40. The second-order valence-electron chi connectivity index (χ2n) is 7.06. The Hall–Kier alpha value is -1.97. The quantitative estimate of drug-likeness (QED) is 0.521. The van der Waals surface area contributed by atoms with Gasteiger partial charge in [-0.1, -0.05) is 13.0 Å². The van der Waals surface area contributed by atoms with E-state index in [9.17, 15) is 19.7 Å². The standard InChI is InChI=1S/C20H22FNO5S/c1-10-18(24)19(25)15(9-23)27-20(10)26-14-4-2-3-13-17(14)11(8-22-13)7-12-5-6-16(21)28-12/h2-6,8,10,15,18-20,22-25H,7,9H2,1H3/t10-,15-,18-,19-,20-/m1/s1. The van der Waals surface area contributed by atoms with Gasteiger partial charge in [0.15, 0.2) is 5.13 Å². The molecule has 0 saturated carbocycles. The third kappa shape index (κ3) is 3.54. The van der Waals surface area contributed by atoms with E-state index in [0.717, 1.165) is 32.7 Å². The molecule has 4 N–H and O–H groups in total. The number of aromatic amines is 1. The van der Waals surface area contributed by atoms with Crippen LogP contribution in [0.5, 0.6) is 5.75 Å². The van der Waals surface area contributed by atoms with Gasteiger partial charge in [-0.05, 0) is 29.8 Å². The molecule has 1 aliphatic rings. The smallest absolute Gasteiger partial charge is 0.205 e. The van der Waals surface area contributed by atoms with Crippen LogP contribution in [0.25, 0.3) is 10.9 Å². The fraction of sp³-hybridized carbons (Fsp3) is 0.400. The van der Waals surface area contributed by atoms with Gasteiger partial charge in [0, 0.05) is 34.3 Å². The third-order valence-corrected chi connectivity index (χ3v) is 6.05. The Morgan fingerprint density at radius 3 is 2.75 bits per heavy atom. The summed E-state index contributed by atoms with van der Waals surface area (Å²) in [6, 6.07) is 8.77. The van der Waals surface area contributed by atoms with Crippen LogP contribution in [0, 0.1) is 11.0 Å². The highest BCUT2D eigenvalue weighted by Gasteiger charge is 2.43. The zero-order valence-electron chi connectivity index (χ0n) is 15.2. The lowest BCUT2D eigenvalue weighted by Crippen LogP contribution is -2.56. The molecular weight excluding hydrogens is 385 g/mol. The van der Waals surface area contributed by atoms with Gasteiger partial charge in [0.25, 0.3) is 0 Å². The lowest BCUT2D eigenvalue weighted by molar-refractivity contribution is -0.256. The maximum Gasteiger partial charge on any atom is 0.205 e. The molecule has 0 amide bonds. The van der Waals surface area contributed by atoms with E-state index in [1.807, 2.05) is 18.3 Å². The van der Waals surface area contributed by atoms with Crippen molar-refractivity contribution < 1.29 is 29.2 Å². The van der Waals surface area contributed by atoms with Gasteiger partial charge in [-0.15, -0.1) is 11.3 Å². The van der Waals surface area contributed by atoms with E-state index in [1.54, 1.807) is 19.1 Å². The molecule has 5 atom stereocenters. The average Bonchev–Trinajstić information content (AvgIpc) is 3.29. The summed E-state index contributed by atoms with van der Waals surface area (Å²) < 4.78 is 25.1. The topological polar surface area (TPSA) is 94.9 Å². The summed E-state index contributed by atoms with van der Waals surface area (Å²) in [5.41, 5.74) is 1.82. The van der Waals surface area contributed by atoms with Gasteiger partial charge in [0.05, 0.1) is 12.7 Å². The number of aromatic nitrogens is 1. The molecule has 2 aromatic heterocycles. The first kappa shape index (κ1) is 19.4. The van der Waals surface area contributed by atoms with Crippen LogP contribution in [0.4, 0.5) is 4.39 Å². The minimum absolute atomic E-state index is 0.224. The second-order valence-corrected chi connectivity index (χ2v) is 8.18. The van der Waals surface area contributed by atoms with E-state index in [4.69, 9.17) is 9.47 Å². The van der Waals surface area contributed by atoms with Gasteiger partial charge in [0.1, 0.15) is 18.0 Å². The molecule has 150 valence electrons. The third-order valence-electron chi connectivity index (χ3n) is 5.17. The molecule has 8 heteroatoms. The lowest BCUT2D eigenvalue weighted by atomic mass is 9.92. The Kier molecular flexibility index (Phi) is 5.39. The van der Waals surface area contributed by atoms with Crippen molar-refractivity contribution >= 4 is 22.2 Å². The number of benzene rings is 1. The molecule has 0 spiro atoms. The molecular formula is C20H22FNO5S. The Morgan fingerprint density at radius 1 is 1.21 bits per heavy atom. The van der Waals surface area contributed by atoms with Crippen LogP contribution in [0.15, 0.2) is 36.5 Å². The number of halogens is 1. The highest BCUT2D eigenvalue weighted by atomic mass is 32.1. The van der Waals surface area contributed by atoms with Gasteiger partial charge in [-0.2, -0.15) is 4.39 Å². The van der Waals surface area contributed by atoms with Crippen molar-refractivity contribution in [3.63, 3.8) is 0 Å². The van der Waals surface area contributed by atoms with Gasteiger partial charge in [0.2, 0.25) is 6.29 Å². The molecule has 4 rings (SSSR count). The zero-order chi connectivity index (χ0) is 19.8. The molecule has 0 bridgehead atoms. The average molecular weight is 407 g/mol. The Morgan fingerprint density at radius 2 is 2.04 bits per heavy atom. The van der Waals surface area contributed by atoms with Crippen molar-refractivity contribution in [3.8, 4) is 5.75 Å². The van der Waals surface area contributed by atoms with E-state index in [-0.39, 0.29) is 5.13 Å². The summed E-state index contributed by atoms with van der Waals surface area (Å²) in [6.07, 6.45) is -1.58. The molecule has 0 unspecified atom stereocenters. The summed E-state index contributed by atoms with van der Waals surface area (Å²) in [7, 11) is 0. The molecule has 6 nitrogen and oxygen atoms in total. The van der Waals surface area contributed by atoms with Gasteiger partial charge in [-0.3, -0.25) is 0 Å². The number of ether oxygens (including phenoxy) is 2. The first-order chi connectivity index (χ1) is 13.5. The molecule has 3 heterocycles. The number of hydrogen-bond donors (Lipinski definition) is 4. The number of H-pyrrole nitrogens is 1. The van der Waals surface area contributed by atoms with E-state index in [0.29, 0.717) is 12.2 Å². The molecule has 0 radical (unpaired) electrons. The van der Waals surface area contributed by atoms with Crippen LogP contribution in [0.1, 0.15) is 17.4 Å². The Labute approximate surface area is 165 Å². The zero-order valence-corrected chi connectivity index (χ0v) is 16.0. The van der Waals surface area contributed by atoms with Gasteiger partial charge >= 0.3 is 0 Å². The van der Waals surface area contributed by atoms with Crippen molar-refractivity contribution in [2.24, 2.45) is 5.92 Å². The van der Waals surface area contributed by atoms with Crippen molar-refractivity contribution in [2.45, 2.75) is 37.9 Å². The van der Waals surface area contributed by atoms with Crippen molar-refractivity contribution in [1.82, 2.24) is 4.98 Å². The number of aliphatic hydroxyl groups excluding tert-OH is 3. The van der Waals surface area contributed by atoms with Gasteiger partial charge < -0.3 is 29.8 Å².